The molecule has 2 aromatic carbocycles. The van der Waals surface area contributed by atoms with Crippen LogP contribution in [0.15, 0.2) is 47.5 Å². The predicted molar refractivity (Wildman–Crippen MR) is 99.5 cm³/mol. The zero-order valence-electron chi connectivity index (χ0n) is 14.0. The number of benzene rings is 2. The van der Waals surface area contributed by atoms with Crippen LogP contribution >= 0.6 is 11.8 Å². The Bertz CT molecular complexity index is 888. The third kappa shape index (κ3) is 3.57. The number of thioether (sulfide) groups is 1. The molecule has 0 bridgehead atoms. The molecule has 3 aromatic rings. The van der Waals surface area contributed by atoms with E-state index in [9.17, 15) is 4.79 Å². The van der Waals surface area contributed by atoms with Gasteiger partial charge in [-0.25, -0.2) is 9.97 Å². The van der Waals surface area contributed by atoms with E-state index in [0.717, 1.165) is 32.7 Å². The highest BCUT2D eigenvalue weighted by atomic mass is 32.2. The monoisotopic (exact) mass is 337 g/mol. The SMILES string of the molecule is Cc1nc(SCC(=O)Nc2c(C)cccc2C)c2ccccc2n1. The van der Waals surface area contributed by atoms with Crippen molar-refractivity contribution in [2.75, 3.05) is 11.1 Å². The summed E-state index contributed by atoms with van der Waals surface area (Å²) in [4.78, 5) is 21.3. The lowest BCUT2D eigenvalue weighted by atomic mass is 10.1. The number of aromatic nitrogens is 2. The number of anilines is 1. The summed E-state index contributed by atoms with van der Waals surface area (Å²) < 4.78 is 0. The highest BCUT2D eigenvalue weighted by Crippen LogP contribution is 2.26. The highest BCUT2D eigenvalue weighted by molar-refractivity contribution is 8.00. The maximum Gasteiger partial charge on any atom is 0.234 e. The minimum absolute atomic E-state index is 0.0299. The molecule has 0 saturated carbocycles. The Morgan fingerprint density at radius 1 is 1.00 bits per heavy atom. The number of hydrogen-bond acceptors (Lipinski definition) is 4. The summed E-state index contributed by atoms with van der Waals surface area (Å²) in [6.45, 7) is 5.86. The van der Waals surface area contributed by atoms with Crippen molar-refractivity contribution in [2.45, 2.75) is 25.8 Å². The second-order valence-corrected chi connectivity index (χ2v) is 6.66. The van der Waals surface area contributed by atoms with Crippen molar-refractivity contribution in [3.05, 3.63) is 59.4 Å². The quantitative estimate of drug-likeness (QED) is 0.570. The molecular formula is C19H19N3OS. The van der Waals surface area contributed by atoms with Gasteiger partial charge in [0.2, 0.25) is 5.91 Å². The van der Waals surface area contributed by atoms with Crippen LogP contribution < -0.4 is 5.32 Å². The van der Waals surface area contributed by atoms with Crippen LogP contribution in [0, 0.1) is 20.8 Å². The van der Waals surface area contributed by atoms with Crippen molar-refractivity contribution < 1.29 is 4.79 Å². The van der Waals surface area contributed by atoms with Gasteiger partial charge in [-0.05, 0) is 38.0 Å². The third-order valence-electron chi connectivity index (χ3n) is 3.77. The molecule has 0 aliphatic rings. The van der Waals surface area contributed by atoms with Gasteiger partial charge >= 0.3 is 0 Å². The lowest BCUT2D eigenvalue weighted by molar-refractivity contribution is -0.113. The van der Waals surface area contributed by atoms with Crippen LogP contribution in [0.1, 0.15) is 17.0 Å². The molecule has 1 amide bonds. The number of nitrogens with zero attached hydrogens (tertiary/aromatic N) is 2. The van der Waals surface area contributed by atoms with Crippen molar-refractivity contribution in [3.63, 3.8) is 0 Å². The normalized spacial score (nSPS) is 10.8. The standard InChI is InChI=1S/C19H19N3OS/c1-12-7-6-8-13(2)18(12)22-17(23)11-24-19-15-9-4-5-10-16(15)20-14(3)21-19/h4-10H,11H2,1-3H3,(H,22,23). The molecule has 0 saturated heterocycles. The first kappa shape index (κ1) is 16.5. The van der Waals surface area contributed by atoms with Crippen molar-refractivity contribution in [2.24, 2.45) is 0 Å². The average Bonchev–Trinajstić information content (AvgIpc) is 2.56. The second kappa shape index (κ2) is 7.01. The minimum atomic E-state index is -0.0299. The van der Waals surface area contributed by atoms with Crippen LogP contribution in [0.3, 0.4) is 0 Å². The van der Waals surface area contributed by atoms with Gasteiger partial charge < -0.3 is 5.32 Å². The Morgan fingerprint density at radius 3 is 2.46 bits per heavy atom. The van der Waals surface area contributed by atoms with E-state index in [0.29, 0.717) is 11.6 Å². The first-order chi connectivity index (χ1) is 11.5. The minimum Gasteiger partial charge on any atom is -0.325 e. The number of aryl methyl sites for hydroxylation is 3. The van der Waals surface area contributed by atoms with E-state index in [4.69, 9.17) is 0 Å². The summed E-state index contributed by atoms with van der Waals surface area (Å²) >= 11 is 1.44. The van der Waals surface area contributed by atoms with Gasteiger partial charge in [0.15, 0.2) is 0 Å². The van der Waals surface area contributed by atoms with E-state index in [1.165, 1.54) is 11.8 Å². The molecule has 0 aliphatic carbocycles. The maximum absolute atomic E-state index is 12.3. The number of hydrogen-bond donors (Lipinski definition) is 1. The Balaban J connectivity index is 1.75. The first-order valence-electron chi connectivity index (χ1n) is 7.77. The number of rotatable bonds is 4. The number of carbonyl (C=O) groups excluding carboxylic acids is 1. The molecule has 0 radical (unpaired) electrons. The fraction of sp³-hybridized carbons (Fsp3) is 0.211. The summed E-state index contributed by atoms with van der Waals surface area (Å²) in [5.41, 5.74) is 3.93. The molecule has 5 heteroatoms. The smallest absolute Gasteiger partial charge is 0.234 e. The molecule has 1 aromatic heterocycles. The van der Waals surface area contributed by atoms with Gasteiger partial charge in [-0.1, -0.05) is 48.2 Å². The van der Waals surface area contributed by atoms with E-state index >= 15 is 0 Å². The number of amides is 1. The zero-order valence-corrected chi connectivity index (χ0v) is 14.8. The van der Waals surface area contributed by atoms with Crippen molar-refractivity contribution in [1.82, 2.24) is 9.97 Å². The summed E-state index contributed by atoms with van der Waals surface area (Å²) in [7, 11) is 0. The van der Waals surface area contributed by atoms with E-state index in [1.54, 1.807) is 0 Å². The number of para-hydroxylation sites is 2. The van der Waals surface area contributed by atoms with Crippen LogP contribution in [-0.4, -0.2) is 21.6 Å². The first-order valence-corrected chi connectivity index (χ1v) is 8.75. The molecule has 0 spiro atoms. The lowest BCUT2D eigenvalue weighted by Gasteiger charge is -2.11. The van der Waals surface area contributed by atoms with E-state index in [1.807, 2.05) is 63.2 Å². The van der Waals surface area contributed by atoms with Gasteiger partial charge in [-0.3, -0.25) is 4.79 Å². The number of fused-ring (bicyclic) bond motifs is 1. The topological polar surface area (TPSA) is 54.9 Å². The molecule has 4 nitrogen and oxygen atoms in total. The summed E-state index contributed by atoms with van der Waals surface area (Å²) in [6, 6.07) is 13.9. The molecule has 24 heavy (non-hydrogen) atoms. The second-order valence-electron chi connectivity index (χ2n) is 5.70. The predicted octanol–water partition coefficient (Wildman–Crippen LogP) is 4.29. The molecular weight excluding hydrogens is 318 g/mol. The summed E-state index contributed by atoms with van der Waals surface area (Å²) in [5, 5.41) is 4.83. The van der Waals surface area contributed by atoms with Crippen LogP contribution in [0.2, 0.25) is 0 Å². The van der Waals surface area contributed by atoms with Crippen LogP contribution in [-0.2, 0) is 4.79 Å². The fourth-order valence-corrected chi connectivity index (χ4v) is 3.45. The third-order valence-corrected chi connectivity index (χ3v) is 4.76. The van der Waals surface area contributed by atoms with Crippen molar-refractivity contribution in [3.8, 4) is 0 Å². The molecule has 1 heterocycles. The molecule has 0 atom stereocenters. The summed E-state index contributed by atoms with van der Waals surface area (Å²) in [5.74, 6) is 0.998. The lowest BCUT2D eigenvalue weighted by Crippen LogP contribution is -2.16. The largest absolute Gasteiger partial charge is 0.325 e. The van der Waals surface area contributed by atoms with E-state index in [-0.39, 0.29) is 5.91 Å². The van der Waals surface area contributed by atoms with Gasteiger partial charge in [0.05, 0.1) is 11.3 Å². The van der Waals surface area contributed by atoms with Crippen LogP contribution in [0.4, 0.5) is 5.69 Å². The van der Waals surface area contributed by atoms with E-state index in [2.05, 4.69) is 15.3 Å². The van der Waals surface area contributed by atoms with Gasteiger partial charge in [-0.2, -0.15) is 0 Å². The molecule has 0 aliphatic heterocycles. The van der Waals surface area contributed by atoms with Gasteiger partial charge in [-0.15, -0.1) is 0 Å². The Labute approximate surface area is 145 Å². The number of nitrogens with one attached hydrogen (secondary N) is 1. The molecule has 3 rings (SSSR count). The molecule has 1 N–H and O–H groups in total. The van der Waals surface area contributed by atoms with E-state index < -0.39 is 0 Å². The zero-order chi connectivity index (χ0) is 17.1. The van der Waals surface area contributed by atoms with Gasteiger partial charge in [0.25, 0.3) is 0 Å². The van der Waals surface area contributed by atoms with Crippen molar-refractivity contribution in [1.29, 1.82) is 0 Å². The Morgan fingerprint density at radius 2 is 1.71 bits per heavy atom. The average molecular weight is 337 g/mol. The van der Waals surface area contributed by atoms with Crippen LogP contribution in [0.25, 0.3) is 10.9 Å². The highest BCUT2D eigenvalue weighted by Gasteiger charge is 2.11. The number of carbonyl (C=O) groups is 1. The van der Waals surface area contributed by atoms with Gasteiger partial charge in [0.1, 0.15) is 10.9 Å². The van der Waals surface area contributed by atoms with Crippen molar-refractivity contribution >= 4 is 34.3 Å². The molecule has 0 fully saturated rings. The fourth-order valence-electron chi connectivity index (χ4n) is 2.59. The summed E-state index contributed by atoms with van der Waals surface area (Å²) in [6.07, 6.45) is 0. The Hall–Kier alpha value is -2.40. The Kier molecular flexibility index (Phi) is 4.81. The van der Waals surface area contributed by atoms with Gasteiger partial charge in [0, 0.05) is 11.1 Å². The molecule has 122 valence electrons. The maximum atomic E-state index is 12.3. The molecule has 0 unspecified atom stereocenters. The van der Waals surface area contributed by atoms with Crippen LogP contribution in [0.5, 0.6) is 0 Å².